The SMILES string of the molecule is O=C(Cc1ccc(Br)cc1)N1CCCC1C1CCCN1. The van der Waals surface area contributed by atoms with Gasteiger partial charge in [-0.05, 0) is 49.9 Å². The number of benzene rings is 1. The lowest BCUT2D eigenvalue weighted by molar-refractivity contribution is -0.131. The highest BCUT2D eigenvalue weighted by atomic mass is 79.9. The second kappa shape index (κ2) is 6.27. The zero-order valence-electron chi connectivity index (χ0n) is 11.6. The molecule has 2 fully saturated rings. The molecule has 1 amide bonds. The summed E-state index contributed by atoms with van der Waals surface area (Å²) in [6.45, 7) is 2.04. The van der Waals surface area contributed by atoms with E-state index in [9.17, 15) is 4.79 Å². The van der Waals surface area contributed by atoms with Gasteiger partial charge < -0.3 is 10.2 Å². The molecule has 0 bridgehead atoms. The Morgan fingerprint density at radius 1 is 1.25 bits per heavy atom. The molecule has 1 aromatic carbocycles. The quantitative estimate of drug-likeness (QED) is 0.920. The first-order valence-electron chi connectivity index (χ1n) is 7.51. The van der Waals surface area contributed by atoms with Crippen LogP contribution in [0.15, 0.2) is 28.7 Å². The Morgan fingerprint density at radius 3 is 2.75 bits per heavy atom. The summed E-state index contributed by atoms with van der Waals surface area (Å²) in [7, 11) is 0. The third kappa shape index (κ3) is 3.07. The molecule has 2 atom stereocenters. The Kier molecular flexibility index (Phi) is 4.41. The number of carbonyl (C=O) groups excluding carboxylic acids is 1. The Hall–Kier alpha value is -0.870. The van der Waals surface area contributed by atoms with Gasteiger partial charge in [-0.25, -0.2) is 0 Å². The van der Waals surface area contributed by atoms with Crippen molar-refractivity contribution in [1.29, 1.82) is 0 Å². The molecule has 0 spiro atoms. The lowest BCUT2D eigenvalue weighted by Gasteiger charge is -2.29. The minimum atomic E-state index is 0.281. The van der Waals surface area contributed by atoms with E-state index < -0.39 is 0 Å². The van der Waals surface area contributed by atoms with E-state index in [0.717, 1.165) is 36.0 Å². The van der Waals surface area contributed by atoms with E-state index in [2.05, 4.69) is 26.1 Å². The maximum absolute atomic E-state index is 12.6. The summed E-state index contributed by atoms with van der Waals surface area (Å²) in [4.78, 5) is 14.7. The molecule has 2 aliphatic rings. The second-order valence-corrected chi connectivity index (χ2v) is 6.72. The van der Waals surface area contributed by atoms with E-state index in [1.807, 2.05) is 24.3 Å². The topological polar surface area (TPSA) is 32.3 Å². The first-order valence-corrected chi connectivity index (χ1v) is 8.30. The highest BCUT2D eigenvalue weighted by Crippen LogP contribution is 2.25. The van der Waals surface area contributed by atoms with Gasteiger partial charge in [0.2, 0.25) is 5.91 Å². The summed E-state index contributed by atoms with van der Waals surface area (Å²) in [6.07, 6.45) is 5.29. The van der Waals surface area contributed by atoms with Crippen LogP contribution >= 0.6 is 15.9 Å². The van der Waals surface area contributed by atoms with Crippen LogP contribution in [0.3, 0.4) is 0 Å². The predicted molar refractivity (Wildman–Crippen MR) is 83.6 cm³/mol. The van der Waals surface area contributed by atoms with E-state index in [1.165, 1.54) is 12.8 Å². The Bertz CT molecular complexity index is 468. The van der Waals surface area contributed by atoms with Gasteiger partial charge in [-0.3, -0.25) is 4.79 Å². The number of likely N-dealkylation sites (tertiary alicyclic amines) is 1. The fraction of sp³-hybridized carbons (Fsp3) is 0.562. The van der Waals surface area contributed by atoms with Gasteiger partial charge >= 0.3 is 0 Å². The smallest absolute Gasteiger partial charge is 0.227 e. The molecule has 2 saturated heterocycles. The molecule has 0 radical (unpaired) electrons. The van der Waals surface area contributed by atoms with Crippen LogP contribution in [0, 0.1) is 0 Å². The molecule has 4 heteroatoms. The number of hydrogen-bond donors (Lipinski definition) is 1. The van der Waals surface area contributed by atoms with Crippen molar-refractivity contribution in [2.24, 2.45) is 0 Å². The van der Waals surface area contributed by atoms with E-state index in [4.69, 9.17) is 0 Å². The van der Waals surface area contributed by atoms with Crippen molar-refractivity contribution < 1.29 is 4.79 Å². The number of amides is 1. The second-order valence-electron chi connectivity index (χ2n) is 5.80. The first kappa shape index (κ1) is 14.1. The van der Waals surface area contributed by atoms with Crippen LogP contribution in [0.2, 0.25) is 0 Å². The molecule has 20 heavy (non-hydrogen) atoms. The first-order chi connectivity index (χ1) is 9.74. The van der Waals surface area contributed by atoms with Crippen LogP contribution in [-0.2, 0) is 11.2 Å². The minimum Gasteiger partial charge on any atom is -0.338 e. The number of nitrogens with zero attached hydrogens (tertiary/aromatic N) is 1. The molecule has 0 aliphatic carbocycles. The monoisotopic (exact) mass is 336 g/mol. The summed E-state index contributed by atoms with van der Waals surface area (Å²) in [6, 6.07) is 9.00. The standard InChI is InChI=1S/C16H21BrN2O/c17-13-7-5-12(6-8-13)11-16(20)19-10-2-4-15(19)14-3-1-9-18-14/h5-8,14-15,18H,1-4,9-11H2. The van der Waals surface area contributed by atoms with Crippen LogP contribution < -0.4 is 5.32 Å². The minimum absolute atomic E-state index is 0.281. The van der Waals surface area contributed by atoms with E-state index in [1.54, 1.807) is 0 Å². The fourth-order valence-electron chi connectivity index (χ4n) is 3.44. The molecule has 1 aromatic rings. The van der Waals surface area contributed by atoms with Crippen molar-refractivity contribution in [2.45, 2.75) is 44.2 Å². The molecule has 2 aliphatic heterocycles. The van der Waals surface area contributed by atoms with E-state index in [-0.39, 0.29) is 5.91 Å². The number of carbonyl (C=O) groups is 1. The summed E-state index contributed by atoms with van der Waals surface area (Å²) < 4.78 is 1.06. The van der Waals surface area contributed by atoms with Crippen molar-refractivity contribution >= 4 is 21.8 Å². The molecule has 3 rings (SSSR count). The molecular formula is C16H21BrN2O. The van der Waals surface area contributed by atoms with Gasteiger partial charge in [0.05, 0.1) is 6.42 Å². The van der Waals surface area contributed by atoms with E-state index in [0.29, 0.717) is 18.5 Å². The van der Waals surface area contributed by atoms with Gasteiger partial charge in [0.25, 0.3) is 0 Å². The summed E-state index contributed by atoms with van der Waals surface area (Å²) in [5.74, 6) is 0.281. The summed E-state index contributed by atoms with van der Waals surface area (Å²) >= 11 is 3.43. The van der Waals surface area contributed by atoms with Gasteiger partial charge in [-0.1, -0.05) is 28.1 Å². The number of nitrogens with one attached hydrogen (secondary N) is 1. The Labute approximate surface area is 128 Å². The number of rotatable bonds is 3. The summed E-state index contributed by atoms with van der Waals surface area (Å²) in [5.41, 5.74) is 1.10. The predicted octanol–water partition coefficient (Wildman–Crippen LogP) is 2.73. The average Bonchev–Trinajstić information content (AvgIpc) is 3.11. The number of hydrogen-bond acceptors (Lipinski definition) is 2. The largest absolute Gasteiger partial charge is 0.338 e. The van der Waals surface area contributed by atoms with Gasteiger partial charge in [-0.2, -0.15) is 0 Å². The maximum Gasteiger partial charge on any atom is 0.227 e. The fourth-order valence-corrected chi connectivity index (χ4v) is 3.70. The Morgan fingerprint density at radius 2 is 2.05 bits per heavy atom. The normalized spacial score (nSPS) is 26.1. The zero-order chi connectivity index (χ0) is 13.9. The van der Waals surface area contributed by atoms with Crippen LogP contribution in [0.5, 0.6) is 0 Å². The highest BCUT2D eigenvalue weighted by Gasteiger charge is 2.35. The highest BCUT2D eigenvalue weighted by molar-refractivity contribution is 9.10. The van der Waals surface area contributed by atoms with Gasteiger partial charge in [0.15, 0.2) is 0 Å². The third-order valence-corrected chi connectivity index (χ3v) is 4.98. The average molecular weight is 337 g/mol. The van der Waals surface area contributed by atoms with Crippen LogP contribution in [0.4, 0.5) is 0 Å². The molecule has 108 valence electrons. The lowest BCUT2D eigenvalue weighted by Crippen LogP contribution is -2.47. The molecule has 0 saturated carbocycles. The van der Waals surface area contributed by atoms with Gasteiger partial charge in [0, 0.05) is 23.1 Å². The van der Waals surface area contributed by atoms with Gasteiger partial charge in [-0.15, -0.1) is 0 Å². The molecule has 1 N–H and O–H groups in total. The van der Waals surface area contributed by atoms with Crippen molar-refractivity contribution in [3.63, 3.8) is 0 Å². The molecule has 3 nitrogen and oxygen atoms in total. The molecule has 2 heterocycles. The van der Waals surface area contributed by atoms with Crippen LogP contribution in [-0.4, -0.2) is 36.0 Å². The lowest BCUT2D eigenvalue weighted by atomic mass is 10.0. The van der Waals surface area contributed by atoms with E-state index >= 15 is 0 Å². The molecule has 2 unspecified atom stereocenters. The number of halogens is 1. The van der Waals surface area contributed by atoms with Crippen molar-refractivity contribution in [3.05, 3.63) is 34.3 Å². The zero-order valence-corrected chi connectivity index (χ0v) is 13.2. The van der Waals surface area contributed by atoms with Crippen molar-refractivity contribution in [2.75, 3.05) is 13.1 Å². The third-order valence-electron chi connectivity index (χ3n) is 4.45. The van der Waals surface area contributed by atoms with Gasteiger partial charge in [0.1, 0.15) is 0 Å². The molecule has 0 aromatic heterocycles. The molecular weight excluding hydrogens is 316 g/mol. The van der Waals surface area contributed by atoms with Crippen molar-refractivity contribution in [1.82, 2.24) is 10.2 Å². The van der Waals surface area contributed by atoms with Crippen LogP contribution in [0.1, 0.15) is 31.2 Å². The van der Waals surface area contributed by atoms with Crippen molar-refractivity contribution in [3.8, 4) is 0 Å². The Balaban J connectivity index is 1.64. The maximum atomic E-state index is 12.6. The summed E-state index contributed by atoms with van der Waals surface area (Å²) in [5, 5.41) is 3.55. The van der Waals surface area contributed by atoms with Crippen LogP contribution in [0.25, 0.3) is 0 Å².